The second kappa shape index (κ2) is 10.1. The fourth-order valence-electron chi connectivity index (χ4n) is 8.72. The van der Waals surface area contributed by atoms with Crippen molar-refractivity contribution in [1.82, 2.24) is 0 Å². The Kier molecular flexibility index (Phi) is 6.32. The van der Waals surface area contributed by atoms with Gasteiger partial charge in [-0.3, -0.25) is 19.2 Å². The standard InChI is InChI=1S/C38H31ClN2O5/c1-20-12-13-22(18-30(20)39)40-34(43)27-15-14-26-28(32(27)36(40)45)19-29-35(44)41(21-8-4-3-5-9-21)37(46)38(29,2)33(26)25-16-17-31(42)24-11-7-6-10-23(24)25/h3-14,16-18,27-29,32-33,42H,15,19H2,1-2H3/t27-,28+,29-,32-,33-,38+/m0/s1. The molecule has 0 bridgehead atoms. The van der Waals surface area contributed by atoms with Gasteiger partial charge in [-0.15, -0.1) is 0 Å². The lowest BCUT2D eigenvalue weighted by Crippen LogP contribution is -2.49. The van der Waals surface area contributed by atoms with E-state index in [1.165, 1.54) is 9.80 Å². The maximum Gasteiger partial charge on any atom is 0.241 e. The molecular weight excluding hydrogens is 600 g/mol. The molecule has 230 valence electrons. The number of phenols is 1. The number of benzene rings is 4. The van der Waals surface area contributed by atoms with E-state index in [9.17, 15) is 24.3 Å². The summed E-state index contributed by atoms with van der Waals surface area (Å²) >= 11 is 6.42. The van der Waals surface area contributed by atoms with Crippen LogP contribution in [0.5, 0.6) is 5.75 Å². The first-order valence-electron chi connectivity index (χ1n) is 15.6. The molecule has 0 aromatic heterocycles. The van der Waals surface area contributed by atoms with Gasteiger partial charge in [0, 0.05) is 16.3 Å². The summed E-state index contributed by atoms with van der Waals surface area (Å²) < 4.78 is 0. The molecule has 4 aromatic carbocycles. The molecule has 2 aliphatic heterocycles. The lowest BCUT2D eigenvalue weighted by molar-refractivity contribution is -0.131. The zero-order valence-electron chi connectivity index (χ0n) is 25.3. The van der Waals surface area contributed by atoms with E-state index in [0.717, 1.165) is 22.1 Å². The van der Waals surface area contributed by atoms with Crippen LogP contribution < -0.4 is 9.80 Å². The minimum Gasteiger partial charge on any atom is -0.507 e. The van der Waals surface area contributed by atoms with Crippen molar-refractivity contribution in [3.63, 3.8) is 0 Å². The molecule has 8 rings (SSSR count). The highest BCUT2D eigenvalue weighted by Crippen LogP contribution is 2.64. The molecule has 8 heteroatoms. The van der Waals surface area contributed by atoms with Gasteiger partial charge in [0.15, 0.2) is 0 Å². The van der Waals surface area contributed by atoms with Gasteiger partial charge in [-0.2, -0.15) is 0 Å². The Morgan fingerprint density at radius 3 is 2.24 bits per heavy atom. The van der Waals surface area contributed by atoms with Crippen LogP contribution in [0, 0.1) is 36.0 Å². The van der Waals surface area contributed by atoms with Crippen molar-refractivity contribution in [3.05, 3.63) is 113 Å². The van der Waals surface area contributed by atoms with Gasteiger partial charge >= 0.3 is 0 Å². The van der Waals surface area contributed by atoms with Crippen LogP contribution in [0.1, 0.15) is 36.8 Å². The first kappa shape index (κ1) is 28.7. The minimum absolute atomic E-state index is 0.120. The quantitative estimate of drug-likeness (QED) is 0.195. The number of hydrogen-bond donors (Lipinski definition) is 1. The van der Waals surface area contributed by atoms with Crippen LogP contribution in [0.2, 0.25) is 5.02 Å². The third kappa shape index (κ3) is 3.78. The monoisotopic (exact) mass is 630 g/mol. The lowest BCUT2D eigenvalue weighted by atomic mass is 9.51. The number of amides is 4. The Balaban J connectivity index is 1.31. The molecule has 2 aliphatic carbocycles. The van der Waals surface area contributed by atoms with Crippen LogP contribution in [0.15, 0.2) is 96.6 Å². The van der Waals surface area contributed by atoms with Crippen LogP contribution in [-0.4, -0.2) is 28.7 Å². The van der Waals surface area contributed by atoms with Crippen molar-refractivity contribution < 1.29 is 24.3 Å². The van der Waals surface area contributed by atoms with E-state index >= 15 is 0 Å². The maximum atomic E-state index is 14.7. The number of anilines is 2. The first-order chi connectivity index (χ1) is 22.1. The molecule has 0 spiro atoms. The highest BCUT2D eigenvalue weighted by molar-refractivity contribution is 6.32. The van der Waals surface area contributed by atoms with Gasteiger partial charge in [0.2, 0.25) is 23.6 Å². The normalized spacial score (nSPS) is 28.8. The molecule has 3 fully saturated rings. The fourth-order valence-corrected chi connectivity index (χ4v) is 8.89. The summed E-state index contributed by atoms with van der Waals surface area (Å²) in [6, 6.07) is 25.1. The number of carbonyl (C=O) groups is 4. The minimum atomic E-state index is -1.17. The van der Waals surface area contributed by atoms with Gasteiger partial charge in [-0.25, -0.2) is 9.80 Å². The van der Waals surface area contributed by atoms with Crippen LogP contribution in [0.4, 0.5) is 11.4 Å². The molecule has 2 saturated heterocycles. The van der Waals surface area contributed by atoms with Crippen LogP contribution in [0.25, 0.3) is 10.8 Å². The van der Waals surface area contributed by atoms with Gasteiger partial charge in [-0.1, -0.05) is 77.8 Å². The van der Waals surface area contributed by atoms with Crippen molar-refractivity contribution in [1.29, 1.82) is 0 Å². The average Bonchev–Trinajstić information content (AvgIpc) is 3.43. The van der Waals surface area contributed by atoms with Crippen LogP contribution in [-0.2, 0) is 19.2 Å². The number of allylic oxidation sites excluding steroid dienone is 2. The topological polar surface area (TPSA) is 95.0 Å². The Morgan fingerprint density at radius 2 is 1.50 bits per heavy atom. The third-order valence-corrected chi connectivity index (χ3v) is 11.4. The summed E-state index contributed by atoms with van der Waals surface area (Å²) in [5.74, 6) is -4.06. The predicted octanol–water partition coefficient (Wildman–Crippen LogP) is 6.94. The summed E-state index contributed by atoms with van der Waals surface area (Å²) in [5, 5.41) is 12.7. The van der Waals surface area contributed by atoms with Crippen molar-refractivity contribution in [2.45, 2.75) is 32.6 Å². The summed E-state index contributed by atoms with van der Waals surface area (Å²) in [7, 11) is 0. The molecule has 4 aliphatic rings. The second-order valence-electron chi connectivity index (χ2n) is 13.2. The Hall–Kier alpha value is -4.75. The lowest BCUT2D eigenvalue weighted by Gasteiger charge is -2.49. The summed E-state index contributed by atoms with van der Waals surface area (Å²) in [4.78, 5) is 59.9. The van der Waals surface area contributed by atoms with Gasteiger partial charge in [0.25, 0.3) is 0 Å². The molecule has 1 N–H and O–H groups in total. The molecule has 46 heavy (non-hydrogen) atoms. The van der Waals surface area contributed by atoms with Crippen LogP contribution in [0.3, 0.4) is 0 Å². The number of nitrogens with zero attached hydrogens (tertiary/aromatic N) is 2. The van der Waals surface area contributed by atoms with Crippen molar-refractivity contribution in [2.75, 3.05) is 9.80 Å². The average molecular weight is 631 g/mol. The zero-order valence-corrected chi connectivity index (χ0v) is 26.1. The van der Waals surface area contributed by atoms with E-state index in [4.69, 9.17) is 11.6 Å². The molecule has 0 radical (unpaired) electrons. The summed E-state index contributed by atoms with van der Waals surface area (Å²) in [6.45, 7) is 3.74. The summed E-state index contributed by atoms with van der Waals surface area (Å²) in [5.41, 5.74) is 2.32. The second-order valence-corrected chi connectivity index (χ2v) is 13.6. The molecule has 2 heterocycles. The molecule has 0 unspecified atom stereocenters. The zero-order chi connectivity index (χ0) is 32.1. The Morgan fingerprint density at radius 1 is 0.783 bits per heavy atom. The Labute approximate surface area is 271 Å². The number of halogens is 1. The number of imide groups is 2. The van der Waals surface area contributed by atoms with E-state index in [1.807, 2.05) is 56.3 Å². The number of aryl methyl sites for hydroxylation is 1. The first-order valence-corrected chi connectivity index (χ1v) is 16.0. The number of phenolic OH excluding ortho intramolecular Hbond substituents is 1. The van der Waals surface area contributed by atoms with E-state index in [0.29, 0.717) is 28.2 Å². The molecule has 4 aromatic rings. The molecule has 6 atom stereocenters. The number of aromatic hydroxyl groups is 1. The van der Waals surface area contributed by atoms with Crippen molar-refractivity contribution >= 4 is 57.4 Å². The number of para-hydroxylation sites is 1. The van der Waals surface area contributed by atoms with Gasteiger partial charge in [0.1, 0.15) is 5.75 Å². The summed E-state index contributed by atoms with van der Waals surface area (Å²) in [6.07, 6.45) is 2.65. The fraction of sp³-hybridized carbons (Fsp3) is 0.263. The van der Waals surface area contributed by atoms with E-state index in [2.05, 4.69) is 0 Å². The number of carbonyl (C=O) groups excluding carboxylic acids is 4. The van der Waals surface area contributed by atoms with E-state index in [-0.39, 0.29) is 35.8 Å². The van der Waals surface area contributed by atoms with E-state index in [1.54, 1.807) is 48.5 Å². The predicted molar refractivity (Wildman–Crippen MR) is 175 cm³/mol. The smallest absolute Gasteiger partial charge is 0.241 e. The van der Waals surface area contributed by atoms with Crippen molar-refractivity contribution in [2.24, 2.45) is 29.1 Å². The van der Waals surface area contributed by atoms with Gasteiger partial charge in [0.05, 0.1) is 34.5 Å². The SMILES string of the molecule is Cc1ccc(N2C(=O)[C@H]3[C@H](CC=C4[C@H]3C[C@H]3C(=O)N(c5ccccc5)C(=O)[C@@]3(C)[C@H]4c3ccc(O)c4ccccc34)C2=O)cc1Cl. The van der Waals surface area contributed by atoms with E-state index < -0.39 is 35.0 Å². The number of rotatable bonds is 3. The largest absolute Gasteiger partial charge is 0.507 e. The third-order valence-electron chi connectivity index (χ3n) is 10.9. The molecule has 7 nitrogen and oxygen atoms in total. The van der Waals surface area contributed by atoms with Gasteiger partial charge in [-0.05, 0) is 79.5 Å². The highest BCUT2D eigenvalue weighted by atomic mass is 35.5. The maximum absolute atomic E-state index is 14.7. The highest BCUT2D eigenvalue weighted by Gasteiger charge is 2.67. The molecule has 1 saturated carbocycles. The molecular formula is C38H31ClN2O5. The molecule has 4 amide bonds. The number of hydrogen-bond acceptors (Lipinski definition) is 5. The van der Waals surface area contributed by atoms with Crippen molar-refractivity contribution in [3.8, 4) is 5.75 Å². The number of fused-ring (bicyclic) bond motifs is 5. The Bertz CT molecular complexity index is 2040. The van der Waals surface area contributed by atoms with Gasteiger partial charge < -0.3 is 5.11 Å². The van der Waals surface area contributed by atoms with Crippen LogP contribution >= 0.6 is 11.6 Å².